The van der Waals surface area contributed by atoms with Gasteiger partial charge in [0.25, 0.3) is 0 Å². The fourth-order valence-electron chi connectivity index (χ4n) is 3.15. The number of anilines is 1. The zero-order chi connectivity index (χ0) is 16.3. The van der Waals surface area contributed by atoms with Gasteiger partial charge >= 0.3 is 0 Å². The van der Waals surface area contributed by atoms with E-state index in [-0.39, 0.29) is 0 Å². The van der Waals surface area contributed by atoms with Gasteiger partial charge in [-0.15, -0.1) is 0 Å². The van der Waals surface area contributed by atoms with Crippen molar-refractivity contribution in [3.63, 3.8) is 0 Å². The fraction of sp³-hybridized carbons (Fsp3) is 0.667. The molecule has 0 bridgehead atoms. The maximum atomic E-state index is 11.9. The fourth-order valence-corrected chi connectivity index (χ4v) is 4.03. The van der Waals surface area contributed by atoms with Crippen LogP contribution in [0, 0.1) is 5.92 Å². The molecule has 2 atom stereocenters. The van der Waals surface area contributed by atoms with Gasteiger partial charge in [0, 0.05) is 31.7 Å². The molecule has 3 heterocycles. The van der Waals surface area contributed by atoms with Crippen LogP contribution in [0.5, 0.6) is 0 Å². The molecular formula is C15H23N3O4S. The van der Waals surface area contributed by atoms with Gasteiger partial charge in [-0.1, -0.05) is 6.07 Å². The van der Waals surface area contributed by atoms with Crippen LogP contribution < -0.4 is 5.32 Å². The van der Waals surface area contributed by atoms with Crippen molar-refractivity contribution in [2.45, 2.75) is 12.0 Å². The molecule has 1 aromatic heterocycles. The quantitative estimate of drug-likeness (QED) is 0.862. The van der Waals surface area contributed by atoms with E-state index in [0.29, 0.717) is 38.8 Å². The summed E-state index contributed by atoms with van der Waals surface area (Å²) in [7, 11) is -3.24. The Labute approximate surface area is 137 Å². The number of sulfonamides is 1. The second kappa shape index (κ2) is 6.72. The van der Waals surface area contributed by atoms with E-state index in [1.165, 1.54) is 10.6 Å². The van der Waals surface area contributed by atoms with Crippen molar-refractivity contribution < 1.29 is 17.9 Å². The summed E-state index contributed by atoms with van der Waals surface area (Å²) in [5, 5.41) is 3.30. The molecule has 0 aliphatic carbocycles. The number of nitrogens with zero attached hydrogens (tertiary/aromatic N) is 2. The Bertz CT molecular complexity index is 625. The average Bonchev–Trinajstić information content (AvgIpc) is 2.78. The summed E-state index contributed by atoms with van der Waals surface area (Å²) in [5.41, 5.74) is -0.532. The molecule has 23 heavy (non-hydrogen) atoms. The van der Waals surface area contributed by atoms with E-state index in [1.54, 1.807) is 6.20 Å². The number of pyridine rings is 1. The number of hydrogen-bond donors (Lipinski definition) is 1. The third kappa shape index (κ3) is 4.20. The lowest BCUT2D eigenvalue weighted by molar-refractivity contribution is -0.0511. The molecule has 2 aliphatic rings. The number of hydrogen-bond acceptors (Lipinski definition) is 6. The molecule has 0 unspecified atom stereocenters. The summed E-state index contributed by atoms with van der Waals surface area (Å²) in [6, 6.07) is 5.73. The Morgan fingerprint density at radius 2 is 2.35 bits per heavy atom. The normalized spacial score (nSPS) is 29.5. The zero-order valence-corrected chi connectivity index (χ0v) is 14.1. The van der Waals surface area contributed by atoms with E-state index in [2.05, 4.69) is 10.3 Å². The molecular weight excluding hydrogens is 318 g/mol. The van der Waals surface area contributed by atoms with Crippen molar-refractivity contribution in [2.24, 2.45) is 5.92 Å². The van der Waals surface area contributed by atoms with Gasteiger partial charge in [-0.05, 0) is 18.6 Å². The Kier molecular flexibility index (Phi) is 4.86. The number of aromatic nitrogens is 1. The van der Waals surface area contributed by atoms with Crippen LogP contribution in [0.2, 0.25) is 0 Å². The molecule has 0 saturated carbocycles. The molecule has 1 N–H and O–H groups in total. The first-order valence-electron chi connectivity index (χ1n) is 7.79. The summed E-state index contributed by atoms with van der Waals surface area (Å²) in [5.74, 6) is 1.14. The third-order valence-corrected chi connectivity index (χ3v) is 5.56. The van der Waals surface area contributed by atoms with Crippen molar-refractivity contribution in [3.8, 4) is 0 Å². The van der Waals surface area contributed by atoms with Gasteiger partial charge in [0.15, 0.2) is 0 Å². The number of rotatable bonds is 4. The summed E-state index contributed by atoms with van der Waals surface area (Å²) >= 11 is 0. The van der Waals surface area contributed by atoms with Gasteiger partial charge in [-0.25, -0.2) is 13.4 Å². The first-order valence-corrected chi connectivity index (χ1v) is 9.63. The highest BCUT2D eigenvalue weighted by Gasteiger charge is 2.44. The monoisotopic (exact) mass is 341 g/mol. The molecule has 7 nitrogen and oxygen atoms in total. The standard InChI is InChI=1S/C15H23N3O4S/c1-23(19,20)18-6-7-21-12-15(11-18)8-13(10-22-15)9-17-14-4-2-3-5-16-14/h2-5,13H,6-12H2,1H3,(H,16,17)/t13-,15+/m0/s1. The van der Waals surface area contributed by atoms with E-state index < -0.39 is 15.6 Å². The molecule has 2 fully saturated rings. The molecule has 0 amide bonds. The highest BCUT2D eigenvalue weighted by Crippen LogP contribution is 2.33. The lowest BCUT2D eigenvalue weighted by Gasteiger charge is -2.29. The zero-order valence-electron chi connectivity index (χ0n) is 13.3. The van der Waals surface area contributed by atoms with E-state index in [9.17, 15) is 8.42 Å². The Morgan fingerprint density at radius 3 is 3.09 bits per heavy atom. The lowest BCUT2D eigenvalue weighted by atomic mass is 9.94. The van der Waals surface area contributed by atoms with Crippen molar-refractivity contribution in [1.82, 2.24) is 9.29 Å². The van der Waals surface area contributed by atoms with Crippen molar-refractivity contribution in [3.05, 3.63) is 24.4 Å². The van der Waals surface area contributed by atoms with E-state index in [4.69, 9.17) is 9.47 Å². The maximum absolute atomic E-state index is 11.9. The molecule has 0 aromatic carbocycles. The Hall–Kier alpha value is -1.22. The van der Waals surface area contributed by atoms with E-state index in [1.807, 2.05) is 18.2 Å². The van der Waals surface area contributed by atoms with Gasteiger partial charge in [-0.2, -0.15) is 4.31 Å². The van der Waals surface area contributed by atoms with Gasteiger partial charge in [0.05, 0.1) is 26.1 Å². The van der Waals surface area contributed by atoms with Crippen LogP contribution in [0.4, 0.5) is 5.82 Å². The molecule has 3 rings (SSSR count). The average molecular weight is 341 g/mol. The molecule has 2 aliphatic heterocycles. The Morgan fingerprint density at radius 1 is 1.48 bits per heavy atom. The highest BCUT2D eigenvalue weighted by atomic mass is 32.2. The smallest absolute Gasteiger partial charge is 0.211 e. The van der Waals surface area contributed by atoms with Crippen molar-refractivity contribution in [2.75, 3.05) is 51.0 Å². The molecule has 1 spiro atoms. The molecule has 1 aromatic rings. The largest absolute Gasteiger partial charge is 0.377 e. The minimum Gasteiger partial charge on any atom is -0.377 e. The minimum absolute atomic E-state index is 0.306. The van der Waals surface area contributed by atoms with E-state index in [0.717, 1.165) is 18.8 Å². The summed E-state index contributed by atoms with van der Waals surface area (Å²) in [4.78, 5) is 4.24. The molecule has 128 valence electrons. The summed E-state index contributed by atoms with van der Waals surface area (Å²) in [6.07, 6.45) is 3.76. The van der Waals surface area contributed by atoms with Gasteiger partial charge in [0.1, 0.15) is 11.4 Å². The summed E-state index contributed by atoms with van der Waals surface area (Å²) < 4.78 is 36.8. The topological polar surface area (TPSA) is 80.8 Å². The Balaban J connectivity index is 1.60. The van der Waals surface area contributed by atoms with Gasteiger partial charge in [0.2, 0.25) is 10.0 Å². The van der Waals surface area contributed by atoms with Crippen LogP contribution in [0.3, 0.4) is 0 Å². The predicted octanol–water partition coefficient (Wildman–Crippen LogP) is 0.561. The lowest BCUT2D eigenvalue weighted by Crippen LogP contribution is -2.46. The second-order valence-corrected chi connectivity index (χ2v) is 8.29. The third-order valence-electron chi connectivity index (χ3n) is 4.31. The molecule has 8 heteroatoms. The van der Waals surface area contributed by atoms with Crippen LogP contribution in [0.15, 0.2) is 24.4 Å². The first-order chi connectivity index (χ1) is 11.0. The second-order valence-electron chi connectivity index (χ2n) is 6.31. The maximum Gasteiger partial charge on any atom is 0.211 e. The van der Waals surface area contributed by atoms with Crippen LogP contribution in [-0.2, 0) is 19.5 Å². The SMILES string of the molecule is CS(=O)(=O)N1CCOC[C@@]2(C[C@@H](CNc3ccccn3)CO2)C1. The minimum atomic E-state index is -3.24. The highest BCUT2D eigenvalue weighted by molar-refractivity contribution is 7.88. The van der Waals surface area contributed by atoms with E-state index >= 15 is 0 Å². The van der Waals surface area contributed by atoms with Crippen LogP contribution >= 0.6 is 0 Å². The molecule has 2 saturated heterocycles. The van der Waals surface area contributed by atoms with Gasteiger partial charge < -0.3 is 14.8 Å². The van der Waals surface area contributed by atoms with Crippen molar-refractivity contribution in [1.29, 1.82) is 0 Å². The van der Waals surface area contributed by atoms with Crippen LogP contribution in [0.25, 0.3) is 0 Å². The van der Waals surface area contributed by atoms with Gasteiger partial charge in [-0.3, -0.25) is 0 Å². The molecule has 0 radical (unpaired) electrons. The predicted molar refractivity (Wildman–Crippen MR) is 86.8 cm³/mol. The summed E-state index contributed by atoms with van der Waals surface area (Å²) in [6.45, 7) is 2.96. The number of ether oxygens (including phenoxy) is 2. The van der Waals surface area contributed by atoms with Crippen molar-refractivity contribution >= 4 is 15.8 Å². The first kappa shape index (κ1) is 16.6. The van der Waals surface area contributed by atoms with Crippen LogP contribution in [-0.4, -0.2) is 69.0 Å². The van der Waals surface area contributed by atoms with Crippen LogP contribution in [0.1, 0.15) is 6.42 Å². The number of nitrogens with one attached hydrogen (secondary N) is 1.